The smallest absolute Gasteiger partial charge is 0.233 e. The predicted octanol–water partition coefficient (Wildman–Crippen LogP) is 4.17. The van der Waals surface area contributed by atoms with Crippen LogP contribution in [0.25, 0.3) is 11.5 Å². The molecular weight excluding hydrogens is 362 g/mol. The van der Waals surface area contributed by atoms with Crippen LogP contribution in [-0.4, -0.2) is 16.8 Å². The van der Waals surface area contributed by atoms with Crippen molar-refractivity contribution in [1.29, 1.82) is 0 Å². The molecule has 3 aromatic rings. The number of furan rings is 1. The second-order valence-electron chi connectivity index (χ2n) is 6.07. The number of nitrogens with one attached hydrogen (secondary N) is 2. The zero-order chi connectivity index (χ0) is 19.2. The normalized spacial score (nSPS) is 11.8. The van der Waals surface area contributed by atoms with Crippen molar-refractivity contribution in [1.82, 2.24) is 10.3 Å². The average molecular weight is 383 g/mol. The first-order valence-corrected chi connectivity index (χ1v) is 9.59. The molecule has 0 saturated heterocycles. The van der Waals surface area contributed by atoms with Crippen LogP contribution in [-0.2, 0) is 16.1 Å². The molecule has 3 rings (SSSR count). The van der Waals surface area contributed by atoms with Gasteiger partial charge in [0.1, 0.15) is 11.5 Å². The van der Waals surface area contributed by atoms with Crippen molar-refractivity contribution in [3.8, 4) is 11.5 Å². The second-order valence-corrected chi connectivity index (χ2v) is 6.93. The van der Waals surface area contributed by atoms with E-state index in [0.717, 1.165) is 5.56 Å². The lowest BCUT2D eigenvalue weighted by Crippen LogP contribution is -2.20. The Balaban J connectivity index is 1.67. The van der Waals surface area contributed by atoms with Gasteiger partial charge in [0, 0.05) is 12.3 Å². The zero-order valence-electron chi connectivity index (χ0n) is 15.2. The number of carbonyl (C=O) groups excluding carboxylic acids is 2. The zero-order valence-corrected chi connectivity index (χ0v) is 16.0. The summed E-state index contributed by atoms with van der Waals surface area (Å²) in [6, 6.07) is 13.3. The van der Waals surface area contributed by atoms with E-state index in [2.05, 4.69) is 15.6 Å². The Hall–Kier alpha value is -2.93. The summed E-state index contributed by atoms with van der Waals surface area (Å²) in [5.74, 6) is 0.841. The highest BCUT2D eigenvalue weighted by atomic mass is 32.1. The van der Waals surface area contributed by atoms with Gasteiger partial charge in [0.05, 0.1) is 12.5 Å². The summed E-state index contributed by atoms with van der Waals surface area (Å²) in [7, 11) is 0. The topological polar surface area (TPSA) is 84.2 Å². The summed E-state index contributed by atoms with van der Waals surface area (Å²) >= 11 is 1.35. The van der Waals surface area contributed by atoms with Crippen LogP contribution in [0.2, 0.25) is 0 Å². The van der Waals surface area contributed by atoms with Gasteiger partial charge in [-0.15, -0.1) is 11.3 Å². The molecule has 2 N–H and O–H groups in total. The van der Waals surface area contributed by atoms with Crippen molar-refractivity contribution in [3.05, 3.63) is 59.2 Å². The Labute approximate surface area is 161 Å². The molecule has 0 fully saturated rings. The van der Waals surface area contributed by atoms with Crippen LogP contribution >= 0.6 is 11.3 Å². The number of carbonyl (C=O) groups is 2. The third-order valence-electron chi connectivity index (χ3n) is 4.09. The SMILES string of the molecule is CCC(C(=O)Nc1nc(-c2ccc(CNC(C)=O)o2)cs1)c1ccccc1. The fourth-order valence-electron chi connectivity index (χ4n) is 2.72. The van der Waals surface area contributed by atoms with E-state index in [1.54, 1.807) is 12.1 Å². The van der Waals surface area contributed by atoms with E-state index >= 15 is 0 Å². The highest BCUT2D eigenvalue weighted by molar-refractivity contribution is 7.14. The number of hydrogen-bond donors (Lipinski definition) is 2. The minimum absolute atomic E-state index is 0.0737. The molecule has 2 heterocycles. The summed E-state index contributed by atoms with van der Waals surface area (Å²) in [6.07, 6.45) is 0.707. The van der Waals surface area contributed by atoms with E-state index in [1.807, 2.05) is 42.6 Å². The van der Waals surface area contributed by atoms with Gasteiger partial charge < -0.3 is 15.1 Å². The number of aromatic nitrogens is 1. The van der Waals surface area contributed by atoms with Gasteiger partial charge in [-0.3, -0.25) is 9.59 Å². The third-order valence-corrected chi connectivity index (χ3v) is 4.84. The minimum atomic E-state index is -0.216. The van der Waals surface area contributed by atoms with Gasteiger partial charge in [-0.1, -0.05) is 37.3 Å². The van der Waals surface area contributed by atoms with E-state index in [4.69, 9.17) is 4.42 Å². The van der Waals surface area contributed by atoms with Crippen molar-refractivity contribution in [3.63, 3.8) is 0 Å². The standard InChI is InChI=1S/C20H21N3O3S/c1-3-16(14-7-5-4-6-8-14)19(25)23-20-22-17(12-27-20)18-10-9-15(26-18)11-21-13(2)24/h4-10,12,16H,3,11H2,1-2H3,(H,21,24)(H,22,23,25). The number of anilines is 1. The molecule has 0 spiro atoms. The molecule has 140 valence electrons. The molecule has 2 amide bonds. The first-order valence-electron chi connectivity index (χ1n) is 8.71. The molecule has 0 radical (unpaired) electrons. The van der Waals surface area contributed by atoms with E-state index in [9.17, 15) is 9.59 Å². The lowest BCUT2D eigenvalue weighted by atomic mass is 9.96. The van der Waals surface area contributed by atoms with Crippen LogP contribution in [0.5, 0.6) is 0 Å². The number of rotatable bonds is 7. The summed E-state index contributed by atoms with van der Waals surface area (Å²) < 4.78 is 5.69. The molecular formula is C20H21N3O3S. The molecule has 2 aromatic heterocycles. The number of hydrogen-bond acceptors (Lipinski definition) is 5. The summed E-state index contributed by atoms with van der Waals surface area (Å²) in [6.45, 7) is 3.78. The van der Waals surface area contributed by atoms with E-state index in [0.29, 0.717) is 35.3 Å². The molecule has 0 saturated carbocycles. The maximum absolute atomic E-state index is 12.6. The number of amides is 2. The van der Waals surface area contributed by atoms with Gasteiger partial charge in [0.2, 0.25) is 11.8 Å². The summed E-state index contributed by atoms with van der Waals surface area (Å²) in [5.41, 5.74) is 1.64. The third kappa shape index (κ3) is 4.83. The van der Waals surface area contributed by atoms with Crippen molar-refractivity contribution < 1.29 is 14.0 Å². The van der Waals surface area contributed by atoms with Crippen molar-refractivity contribution in [2.24, 2.45) is 0 Å². The van der Waals surface area contributed by atoms with Gasteiger partial charge in [0.15, 0.2) is 10.9 Å². The fourth-order valence-corrected chi connectivity index (χ4v) is 3.42. The van der Waals surface area contributed by atoms with E-state index in [-0.39, 0.29) is 17.7 Å². The molecule has 7 heteroatoms. The molecule has 1 atom stereocenters. The molecule has 0 aliphatic carbocycles. The highest BCUT2D eigenvalue weighted by Gasteiger charge is 2.20. The summed E-state index contributed by atoms with van der Waals surface area (Å²) in [4.78, 5) is 28.1. The Bertz CT molecular complexity index is 917. The fraction of sp³-hybridized carbons (Fsp3) is 0.250. The van der Waals surface area contributed by atoms with Crippen molar-refractivity contribution >= 4 is 28.3 Å². The van der Waals surface area contributed by atoms with Crippen molar-refractivity contribution in [2.45, 2.75) is 32.7 Å². The maximum Gasteiger partial charge on any atom is 0.233 e. The molecule has 6 nitrogen and oxygen atoms in total. The Morgan fingerprint density at radius 1 is 1.19 bits per heavy atom. The van der Waals surface area contributed by atoms with Crippen LogP contribution in [0.4, 0.5) is 5.13 Å². The van der Waals surface area contributed by atoms with Gasteiger partial charge in [0.25, 0.3) is 0 Å². The lowest BCUT2D eigenvalue weighted by molar-refractivity contribution is -0.119. The van der Waals surface area contributed by atoms with E-state index < -0.39 is 0 Å². The van der Waals surface area contributed by atoms with Gasteiger partial charge in [-0.05, 0) is 24.1 Å². The Kier molecular flexibility index (Phi) is 6.03. The predicted molar refractivity (Wildman–Crippen MR) is 105 cm³/mol. The van der Waals surface area contributed by atoms with E-state index in [1.165, 1.54) is 18.3 Å². The van der Waals surface area contributed by atoms with Crippen molar-refractivity contribution in [2.75, 3.05) is 5.32 Å². The molecule has 0 aliphatic rings. The van der Waals surface area contributed by atoms with Crippen LogP contribution in [0.3, 0.4) is 0 Å². The monoisotopic (exact) mass is 383 g/mol. The Morgan fingerprint density at radius 3 is 2.67 bits per heavy atom. The van der Waals surface area contributed by atoms with Gasteiger partial charge >= 0.3 is 0 Å². The average Bonchev–Trinajstić information content (AvgIpc) is 3.31. The summed E-state index contributed by atoms with van der Waals surface area (Å²) in [5, 5.41) is 7.95. The first-order chi connectivity index (χ1) is 13.1. The number of nitrogens with zero attached hydrogens (tertiary/aromatic N) is 1. The van der Waals surface area contributed by atoms with Crippen LogP contribution in [0, 0.1) is 0 Å². The quantitative estimate of drug-likeness (QED) is 0.641. The minimum Gasteiger partial charge on any atom is -0.458 e. The molecule has 27 heavy (non-hydrogen) atoms. The van der Waals surface area contributed by atoms with Crippen LogP contribution < -0.4 is 10.6 Å². The van der Waals surface area contributed by atoms with Crippen LogP contribution in [0.15, 0.2) is 52.3 Å². The molecule has 0 bridgehead atoms. The molecule has 1 unspecified atom stereocenters. The molecule has 0 aliphatic heterocycles. The lowest BCUT2D eigenvalue weighted by Gasteiger charge is -2.13. The first kappa shape index (κ1) is 18.8. The maximum atomic E-state index is 12.6. The Morgan fingerprint density at radius 2 is 1.96 bits per heavy atom. The highest BCUT2D eigenvalue weighted by Crippen LogP contribution is 2.28. The number of thiazole rings is 1. The van der Waals surface area contributed by atoms with Crippen LogP contribution in [0.1, 0.15) is 37.5 Å². The largest absolute Gasteiger partial charge is 0.458 e. The number of benzene rings is 1. The molecule has 1 aromatic carbocycles. The van der Waals surface area contributed by atoms with Gasteiger partial charge in [-0.2, -0.15) is 0 Å². The van der Waals surface area contributed by atoms with Gasteiger partial charge in [-0.25, -0.2) is 4.98 Å². The second kappa shape index (κ2) is 8.64.